The molecule has 23 heavy (non-hydrogen) atoms. The molecule has 4 rings (SSSR count). The third-order valence-electron chi connectivity index (χ3n) is 3.93. The van der Waals surface area contributed by atoms with Crippen molar-refractivity contribution in [3.05, 3.63) is 41.3 Å². The number of nitrogens with zero attached hydrogens (tertiary/aromatic N) is 2. The molecule has 0 radical (unpaired) electrons. The van der Waals surface area contributed by atoms with Gasteiger partial charge in [-0.2, -0.15) is 0 Å². The minimum Gasteiger partial charge on any atom is -0.337 e. The first-order valence-electron chi connectivity index (χ1n) is 7.47. The van der Waals surface area contributed by atoms with Gasteiger partial charge in [0.05, 0.1) is 20.0 Å². The van der Waals surface area contributed by atoms with E-state index < -0.39 is 0 Å². The summed E-state index contributed by atoms with van der Waals surface area (Å²) in [6.45, 7) is 1.07. The SMILES string of the molecule is O=C1CCN(C(=O)c2ccc(-c3nc4ccccc4s3)s2)CC1. The molecule has 0 bridgehead atoms. The van der Waals surface area contributed by atoms with Gasteiger partial charge in [0.1, 0.15) is 10.8 Å². The highest BCUT2D eigenvalue weighted by Gasteiger charge is 2.23. The topological polar surface area (TPSA) is 50.3 Å². The van der Waals surface area contributed by atoms with Gasteiger partial charge in [0, 0.05) is 25.9 Å². The van der Waals surface area contributed by atoms with Gasteiger partial charge < -0.3 is 4.90 Å². The molecule has 1 saturated heterocycles. The second-order valence-corrected chi connectivity index (χ2v) is 7.60. The highest BCUT2D eigenvalue weighted by atomic mass is 32.1. The second kappa shape index (κ2) is 5.86. The van der Waals surface area contributed by atoms with Crippen molar-refractivity contribution in [2.75, 3.05) is 13.1 Å². The highest BCUT2D eigenvalue weighted by Crippen LogP contribution is 2.34. The number of para-hydroxylation sites is 1. The number of hydrogen-bond acceptors (Lipinski definition) is 5. The standard InChI is InChI=1S/C17H14N2O2S2/c20-11-7-9-19(10-8-11)17(21)15-6-5-14(22-15)16-18-12-3-1-2-4-13(12)23-16/h1-6H,7-10H2. The Balaban J connectivity index is 1.58. The van der Waals surface area contributed by atoms with E-state index in [2.05, 4.69) is 11.1 Å². The normalized spacial score (nSPS) is 15.3. The highest BCUT2D eigenvalue weighted by molar-refractivity contribution is 7.26. The molecule has 4 nitrogen and oxygen atoms in total. The average Bonchev–Trinajstić information content (AvgIpc) is 3.21. The lowest BCUT2D eigenvalue weighted by Crippen LogP contribution is -2.38. The van der Waals surface area contributed by atoms with Crippen molar-refractivity contribution in [2.24, 2.45) is 0 Å². The van der Waals surface area contributed by atoms with Crippen LogP contribution in [-0.2, 0) is 4.79 Å². The van der Waals surface area contributed by atoms with E-state index in [0.29, 0.717) is 30.8 Å². The summed E-state index contributed by atoms with van der Waals surface area (Å²) in [6.07, 6.45) is 0.948. The quantitative estimate of drug-likeness (QED) is 0.711. The molecule has 0 aliphatic carbocycles. The van der Waals surface area contributed by atoms with Crippen LogP contribution in [0.15, 0.2) is 36.4 Å². The number of carbonyl (C=O) groups excluding carboxylic acids is 2. The average molecular weight is 342 g/mol. The summed E-state index contributed by atoms with van der Waals surface area (Å²) < 4.78 is 1.15. The van der Waals surface area contributed by atoms with Crippen LogP contribution >= 0.6 is 22.7 Å². The minimum absolute atomic E-state index is 0.0230. The molecule has 1 aromatic carbocycles. The van der Waals surface area contributed by atoms with E-state index >= 15 is 0 Å². The van der Waals surface area contributed by atoms with E-state index in [-0.39, 0.29) is 11.7 Å². The third kappa shape index (κ3) is 2.80. The van der Waals surface area contributed by atoms with Crippen LogP contribution in [0.4, 0.5) is 0 Å². The molecule has 1 aliphatic heterocycles. The second-order valence-electron chi connectivity index (χ2n) is 5.48. The number of carbonyl (C=O) groups is 2. The van der Waals surface area contributed by atoms with E-state index in [1.165, 1.54) is 11.3 Å². The van der Waals surface area contributed by atoms with Gasteiger partial charge in [-0.15, -0.1) is 22.7 Å². The van der Waals surface area contributed by atoms with Crippen molar-refractivity contribution in [1.29, 1.82) is 0 Å². The van der Waals surface area contributed by atoms with Crippen molar-refractivity contribution >= 4 is 44.6 Å². The number of thiophene rings is 1. The molecule has 0 unspecified atom stereocenters. The van der Waals surface area contributed by atoms with Crippen LogP contribution in [0.3, 0.4) is 0 Å². The Bertz CT molecular complexity index is 854. The van der Waals surface area contributed by atoms with Crippen LogP contribution < -0.4 is 0 Å². The zero-order chi connectivity index (χ0) is 15.8. The predicted molar refractivity (Wildman–Crippen MR) is 93.1 cm³/mol. The van der Waals surface area contributed by atoms with Gasteiger partial charge in [0.25, 0.3) is 5.91 Å². The van der Waals surface area contributed by atoms with Gasteiger partial charge in [-0.05, 0) is 24.3 Å². The largest absolute Gasteiger partial charge is 0.337 e. The van der Waals surface area contributed by atoms with Gasteiger partial charge in [-0.3, -0.25) is 9.59 Å². The van der Waals surface area contributed by atoms with Gasteiger partial charge in [0.2, 0.25) is 0 Å². The fraction of sp³-hybridized carbons (Fsp3) is 0.235. The fourth-order valence-corrected chi connectivity index (χ4v) is 4.65. The Morgan fingerprint density at radius 3 is 2.61 bits per heavy atom. The number of Topliss-reactive ketones (excluding diaryl/α,β-unsaturated/α-hetero) is 1. The Kier molecular flexibility index (Phi) is 3.71. The number of thiazole rings is 1. The first kappa shape index (κ1) is 14.5. The van der Waals surface area contributed by atoms with Crippen molar-refractivity contribution in [3.63, 3.8) is 0 Å². The van der Waals surface area contributed by atoms with Crippen molar-refractivity contribution < 1.29 is 9.59 Å². The van der Waals surface area contributed by atoms with Gasteiger partial charge in [-0.25, -0.2) is 4.98 Å². The molecular formula is C17H14N2O2S2. The number of ketones is 1. The molecule has 0 N–H and O–H groups in total. The van der Waals surface area contributed by atoms with Crippen molar-refractivity contribution in [3.8, 4) is 9.88 Å². The van der Waals surface area contributed by atoms with Crippen LogP contribution in [0.5, 0.6) is 0 Å². The number of likely N-dealkylation sites (tertiary alicyclic amines) is 1. The van der Waals surface area contributed by atoms with Gasteiger partial charge in [0.15, 0.2) is 0 Å². The molecule has 0 saturated carbocycles. The van der Waals surface area contributed by atoms with E-state index in [1.807, 2.05) is 30.3 Å². The summed E-state index contributed by atoms with van der Waals surface area (Å²) in [5, 5.41) is 0.948. The van der Waals surface area contributed by atoms with E-state index in [1.54, 1.807) is 16.2 Å². The molecule has 0 atom stereocenters. The monoisotopic (exact) mass is 342 g/mol. The third-order valence-corrected chi connectivity index (χ3v) is 6.21. The first-order valence-corrected chi connectivity index (χ1v) is 9.11. The summed E-state index contributed by atoms with van der Waals surface area (Å²) in [4.78, 5) is 32.0. The molecule has 3 heterocycles. The molecule has 6 heteroatoms. The molecule has 0 spiro atoms. The fourth-order valence-electron chi connectivity index (χ4n) is 2.66. The van der Waals surface area contributed by atoms with Gasteiger partial charge in [-0.1, -0.05) is 12.1 Å². The maximum Gasteiger partial charge on any atom is 0.263 e. The first-order chi connectivity index (χ1) is 11.2. The summed E-state index contributed by atoms with van der Waals surface area (Å²) >= 11 is 3.12. The van der Waals surface area contributed by atoms with Crippen LogP contribution in [-0.4, -0.2) is 34.7 Å². The summed E-state index contributed by atoms with van der Waals surface area (Å²) in [6, 6.07) is 11.9. The number of fused-ring (bicyclic) bond motifs is 1. The molecule has 2 aromatic heterocycles. The maximum atomic E-state index is 12.5. The van der Waals surface area contributed by atoms with Crippen molar-refractivity contribution in [2.45, 2.75) is 12.8 Å². The van der Waals surface area contributed by atoms with Gasteiger partial charge >= 0.3 is 0 Å². The molecule has 3 aromatic rings. The maximum absolute atomic E-state index is 12.5. The molecule has 1 amide bonds. The van der Waals surface area contributed by atoms with Crippen LogP contribution in [0.1, 0.15) is 22.5 Å². The predicted octanol–water partition coefficient (Wildman–Crippen LogP) is 3.83. The lowest BCUT2D eigenvalue weighted by Gasteiger charge is -2.25. The summed E-state index contributed by atoms with van der Waals surface area (Å²) in [5.41, 5.74) is 0.989. The number of piperidine rings is 1. The molecular weight excluding hydrogens is 328 g/mol. The number of rotatable bonds is 2. The van der Waals surface area contributed by atoms with Crippen LogP contribution in [0, 0.1) is 0 Å². The number of benzene rings is 1. The lowest BCUT2D eigenvalue weighted by molar-refractivity contribution is -0.120. The molecule has 1 aliphatic rings. The zero-order valence-corrected chi connectivity index (χ0v) is 14.0. The van der Waals surface area contributed by atoms with Crippen LogP contribution in [0.2, 0.25) is 0 Å². The van der Waals surface area contributed by atoms with E-state index in [9.17, 15) is 9.59 Å². The number of aromatic nitrogens is 1. The lowest BCUT2D eigenvalue weighted by atomic mass is 10.1. The summed E-state index contributed by atoms with van der Waals surface area (Å²) in [7, 11) is 0. The Morgan fingerprint density at radius 1 is 1.04 bits per heavy atom. The summed E-state index contributed by atoms with van der Waals surface area (Å²) in [5.74, 6) is 0.269. The Morgan fingerprint density at radius 2 is 1.83 bits per heavy atom. The zero-order valence-electron chi connectivity index (χ0n) is 12.3. The molecule has 116 valence electrons. The van der Waals surface area contributed by atoms with Crippen LogP contribution in [0.25, 0.3) is 20.1 Å². The minimum atomic E-state index is 0.0230. The van der Waals surface area contributed by atoms with Crippen molar-refractivity contribution in [1.82, 2.24) is 9.88 Å². The Hall–Kier alpha value is -2.05. The smallest absolute Gasteiger partial charge is 0.263 e. The molecule has 1 fully saturated rings. The number of amides is 1. The van der Waals surface area contributed by atoms with E-state index in [0.717, 1.165) is 20.1 Å². The Labute approximate surface area is 141 Å². The number of hydrogen-bond donors (Lipinski definition) is 0. The van der Waals surface area contributed by atoms with E-state index in [4.69, 9.17) is 0 Å².